The first-order valence-corrected chi connectivity index (χ1v) is 10.8. The first-order chi connectivity index (χ1) is 14.9. The molecule has 158 valence electrons. The van der Waals surface area contributed by atoms with Crippen LogP contribution in [0.3, 0.4) is 0 Å². The number of rotatable bonds is 7. The standard InChI is InChI=1S/C22H21N5O3S/c1-12-5-14(9-23-8-12)7-16(28)18-10-24-22(31-18)13(2)6-17(29)20-15-3-4-19(30)27-21(15)26-11-25-20/h5,8-11,13H,3-4,6-7H2,1-2H3,(H,25,26,27,30)/t13-/m0/s1. The highest BCUT2D eigenvalue weighted by molar-refractivity contribution is 7.13. The van der Waals surface area contributed by atoms with Gasteiger partial charge < -0.3 is 5.32 Å². The first kappa shape index (κ1) is 20.9. The lowest BCUT2D eigenvalue weighted by Gasteiger charge is -2.17. The molecule has 0 fully saturated rings. The van der Waals surface area contributed by atoms with E-state index in [0.717, 1.165) is 16.1 Å². The Morgan fingerprint density at radius 3 is 2.77 bits per heavy atom. The van der Waals surface area contributed by atoms with Gasteiger partial charge in [-0.2, -0.15) is 0 Å². The lowest BCUT2D eigenvalue weighted by atomic mass is 9.97. The molecule has 4 rings (SSSR count). The zero-order chi connectivity index (χ0) is 22.0. The molecule has 0 radical (unpaired) electrons. The number of carbonyl (C=O) groups is 3. The van der Waals surface area contributed by atoms with Gasteiger partial charge in [0.25, 0.3) is 0 Å². The molecule has 1 amide bonds. The summed E-state index contributed by atoms with van der Waals surface area (Å²) in [7, 11) is 0. The summed E-state index contributed by atoms with van der Waals surface area (Å²) < 4.78 is 0. The number of ketones is 2. The van der Waals surface area contributed by atoms with Crippen LogP contribution in [-0.4, -0.2) is 37.4 Å². The molecule has 0 saturated heterocycles. The maximum Gasteiger partial charge on any atom is 0.225 e. The van der Waals surface area contributed by atoms with E-state index in [-0.39, 0.29) is 36.2 Å². The first-order valence-electron chi connectivity index (χ1n) is 9.97. The predicted molar refractivity (Wildman–Crippen MR) is 115 cm³/mol. The van der Waals surface area contributed by atoms with E-state index in [2.05, 4.69) is 25.3 Å². The number of amides is 1. The molecule has 1 aliphatic rings. The fourth-order valence-electron chi connectivity index (χ4n) is 3.52. The molecular weight excluding hydrogens is 414 g/mol. The van der Waals surface area contributed by atoms with Crippen LogP contribution in [0.25, 0.3) is 0 Å². The Hall–Kier alpha value is -3.33. The van der Waals surface area contributed by atoms with Crippen LogP contribution in [0.2, 0.25) is 0 Å². The molecule has 3 aromatic rings. The van der Waals surface area contributed by atoms with E-state index in [0.29, 0.717) is 34.8 Å². The van der Waals surface area contributed by atoms with E-state index < -0.39 is 0 Å². The van der Waals surface area contributed by atoms with E-state index in [1.54, 1.807) is 18.6 Å². The van der Waals surface area contributed by atoms with Crippen LogP contribution >= 0.6 is 11.3 Å². The summed E-state index contributed by atoms with van der Waals surface area (Å²) in [5.41, 5.74) is 2.90. The lowest BCUT2D eigenvalue weighted by molar-refractivity contribution is -0.116. The Morgan fingerprint density at radius 2 is 1.97 bits per heavy atom. The molecule has 3 aromatic heterocycles. The third kappa shape index (κ3) is 4.72. The molecular formula is C22H21N5O3S. The van der Waals surface area contributed by atoms with Crippen molar-refractivity contribution in [1.29, 1.82) is 0 Å². The van der Waals surface area contributed by atoms with Gasteiger partial charge in [-0.05, 0) is 24.5 Å². The lowest BCUT2D eigenvalue weighted by Crippen LogP contribution is -2.23. The number of thiazole rings is 1. The number of aryl methyl sites for hydroxylation is 1. The van der Waals surface area contributed by atoms with E-state index in [4.69, 9.17) is 0 Å². The normalized spacial score (nSPS) is 13.9. The number of aromatic nitrogens is 4. The molecule has 31 heavy (non-hydrogen) atoms. The summed E-state index contributed by atoms with van der Waals surface area (Å²) in [4.78, 5) is 54.4. The van der Waals surface area contributed by atoms with Gasteiger partial charge in [-0.1, -0.05) is 13.0 Å². The van der Waals surface area contributed by atoms with E-state index >= 15 is 0 Å². The van der Waals surface area contributed by atoms with Gasteiger partial charge in [-0.15, -0.1) is 11.3 Å². The zero-order valence-corrected chi connectivity index (χ0v) is 18.0. The predicted octanol–water partition coefficient (Wildman–Crippen LogP) is 3.32. The van der Waals surface area contributed by atoms with Gasteiger partial charge in [-0.25, -0.2) is 15.0 Å². The van der Waals surface area contributed by atoms with Crippen molar-refractivity contribution in [2.75, 3.05) is 5.32 Å². The van der Waals surface area contributed by atoms with E-state index in [1.165, 1.54) is 17.7 Å². The number of nitrogens with one attached hydrogen (secondary N) is 1. The molecule has 1 atom stereocenters. The smallest absolute Gasteiger partial charge is 0.225 e. The molecule has 1 aliphatic heterocycles. The Kier molecular flexibility index (Phi) is 5.94. The molecule has 0 aliphatic carbocycles. The number of nitrogens with zero attached hydrogens (tertiary/aromatic N) is 4. The van der Waals surface area contributed by atoms with Crippen molar-refractivity contribution in [2.45, 2.75) is 45.4 Å². The number of hydrogen-bond acceptors (Lipinski definition) is 8. The average Bonchev–Trinajstić information content (AvgIpc) is 3.23. The maximum absolute atomic E-state index is 12.9. The van der Waals surface area contributed by atoms with Crippen LogP contribution in [-0.2, 0) is 17.6 Å². The molecule has 8 nitrogen and oxygen atoms in total. The number of pyridine rings is 1. The Bertz CT molecular complexity index is 1170. The number of hydrogen-bond donors (Lipinski definition) is 1. The second kappa shape index (κ2) is 8.81. The fraction of sp³-hybridized carbons (Fsp3) is 0.318. The molecule has 0 bridgehead atoms. The molecule has 0 unspecified atom stereocenters. The van der Waals surface area contributed by atoms with Crippen molar-refractivity contribution in [1.82, 2.24) is 19.9 Å². The Morgan fingerprint density at radius 1 is 1.13 bits per heavy atom. The van der Waals surface area contributed by atoms with Crippen molar-refractivity contribution in [3.8, 4) is 0 Å². The van der Waals surface area contributed by atoms with Crippen LogP contribution in [0.4, 0.5) is 5.82 Å². The summed E-state index contributed by atoms with van der Waals surface area (Å²) in [6.07, 6.45) is 7.55. The third-order valence-electron chi connectivity index (χ3n) is 5.08. The van der Waals surface area contributed by atoms with Gasteiger partial charge in [0.15, 0.2) is 11.6 Å². The van der Waals surface area contributed by atoms with Gasteiger partial charge in [0.05, 0.1) is 9.88 Å². The SMILES string of the molecule is Cc1cncc(CC(=O)c2cnc([C@@H](C)CC(=O)c3ncnc4c3CCC(=O)N4)s2)c1. The van der Waals surface area contributed by atoms with Crippen molar-refractivity contribution in [3.05, 3.63) is 63.3 Å². The highest BCUT2D eigenvalue weighted by Crippen LogP contribution is 2.29. The molecule has 0 aromatic carbocycles. The quantitative estimate of drug-likeness (QED) is 0.566. The van der Waals surface area contributed by atoms with Crippen molar-refractivity contribution < 1.29 is 14.4 Å². The molecule has 4 heterocycles. The maximum atomic E-state index is 12.9. The topological polar surface area (TPSA) is 115 Å². The van der Waals surface area contributed by atoms with Gasteiger partial charge >= 0.3 is 0 Å². The summed E-state index contributed by atoms with van der Waals surface area (Å²) >= 11 is 1.32. The van der Waals surface area contributed by atoms with Crippen LogP contribution in [0.15, 0.2) is 31.0 Å². The highest BCUT2D eigenvalue weighted by Gasteiger charge is 2.25. The number of anilines is 1. The van der Waals surface area contributed by atoms with Gasteiger partial charge in [0.1, 0.15) is 17.8 Å². The van der Waals surface area contributed by atoms with Gasteiger partial charge in [0.2, 0.25) is 5.91 Å². The van der Waals surface area contributed by atoms with Crippen molar-refractivity contribution in [2.24, 2.45) is 0 Å². The molecule has 0 saturated carbocycles. The summed E-state index contributed by atoms with van der Waals surface area (Å²) in [6.45, 7) is 3.85. The van der Waals surface area contributed by atoms with Crippen LogP contribution in [0.5, 0.6) is 0 Å². The van der Waals surface area contributed by atoms with Crippen LogP contribution < -0.4 is 5.32 Å². The second-order valence-electron chi connectivity index (χ2n) is 7.66. The van der Waals surface area contributed by atoms with Crippen LogP contribution in [0, 0.1) is 6.92 Å². The summed E-state index contributed by atoms with van der Waals surface area (Å²) in [6, 6.07) is 1.94. The minimum absolute atomic E-state index is 0.0183. The average molecular weight is 436 g/mol. The summed E-state index contributed by atoms with van der Waals surface area (Å²) in [5.74, 6) is -0.00982. The minimum atomic E-state index is -0.163. The molecule has 1 N–H and O–H groups in total. The third-order valence-corrected chi connectivity index (χ3v) is 6.35. The number of Topliss-reactive ketones (excluding diaryl/α,β-unsaturated/α-hetero) is 2. The zero-order valence-electron chi connectivity index (χ0n) is 17.2. The van der Waals surface area contributed by atoms with Crippen molar-refractivity contribution in [3.63, 3.8) is 0 Å². The molecule has 0 spiro atoms. The van der Waals surface area contributed by atoms with E-state index in [9.17, 15) is 14.4 Å². The van der Waals surface area contributed by atoms with Crippen molar-refractivity contribution >= 4 is 34.6 Å². The number of fused-ring (bicyclic) bond motifs is 1. The fourth-order valence-corrected chi connectivity index (χ4v) is 4.43. The summed E-state index contributed by atoms with van der Waals surface area (Å²) in [5, 5.41) is 3.42. The monoisotopic (exact) mass is 435 g/mol. The van der Waals surface area contributed by atoms with Crippen LogP contribution in [0.1, 0.15) is 67.5 Å². The second-order valence-corrected chi connectivity index (χ2v) is 8.72. The Labute approximate surface area is 183 Å². The highest BCUT2D eigenvalue weighted by atomic mass is 32.1. The Balaban J connectivity index is 1.44. The van der Waals surface area contributed by atoms with Gasteiger partial charge in [-0.3, -0.25) is 19.4 Å². The molecule has 9 heteroatoms. The van der Waals surface area contributed by atoms with Gasteiger partial charge in [0, 0.05) is 49.3 Å². The van der Waals surface area contributed by atoms with E-state index in [1.807, 2.05) is 19.9 Å². The largest absolute Gasteiger partial charge is 0.310 e. The number of carbonyl (C=O) groups excluding carboxylic acids is 3. The minimum Gasteiger partial charge on any atom is -0.310 e.